The van der Waals surface area contributed by atoms with E-state index in [2.05, 4.69) is 15.1 Å². The molecule has 1 radical (unpaired) electrons. The molecular weight excluding hydrogens is 341 g/mol. The van der Waals surface area contributed by atoms with E-state index in [0.717, 1.165) is 23.3 Å². The van der Waals surface area contributed by atoms with Crippen LogP contribution in [0, 0.1) is 12.4 Å². The molecule has 4 rings (SSSR count). The van der Waals surface area contributed by atoms with Gasteiger partial charge in [-0.15, -0.1) is 0 Å². The quantitative estimate of drug-likeness (QED) is 0.703. The molecule has 0 atom stereocenters. The van der Waals surface area contributed by atoms with Gasteiger partial charge in [-0.1, -0.05) is 0 Å². The van der Waals surface area contributed by atoms with Crippen molar-refractivity contribution in [3.05, 3.63) is 51.7 Å². The van der Waals surface area contributed by atoms with Gasteiger partial charge < -0.3 is 9.88 Å². The third kappa shape index (κ3) is 2.57. The van der Waals surface area contributed by atoms with Gasteiger partial charge in [0.2, 0.25) is 5.95 Å². The predicted octanol–water partition coefficient (Wildman–Crippen LogP) is 0.572. The van der Waals surface area contributed by atoms with Crippen molar-refractivity contribution >= 4 is 11.3 Å². The molecule has 4 heterocycles. The van der Waals surface area contributed by atoms with Crippen LogP contribution < -0.4 is 16.1 Å². The van der Waals surface area contributed by atoms with Crippen molar-refractivity contribution in [3.63, 3.8) is 0 Å². The molecule has 11 heteroatoms. The first-order valence-electron chi connectivity index (χ1n) is 7.18. The second-order valence-electron chi connectivity index (χ2n) is 5.56. The molecule has 3 aromatic heterocycles. The summed E-state index contributed by atoms with van der Waals surface area (Å²) in [6.07, 6.45) is 2.87. The molecule has 2 N–H and O–H groups in total. The summed E-state index contributed by atoms with van der Waals surface area (Å²) in [7, 11) is 0. The Bertz CT molecular complexity index is 1090. The maximum atomic E-state index is 13.9. The highest BCUT2D eigenvalue weighted by Gasteiger charge is 2.39. The van der Waals surface area contributed by atoms with Crippen molar-refractivity contribution in [2.75, 3.05) is 18.0 Å². The van der Waals surface area contributed by atoms with Gasteiger partial charge in [0, 0.05) is 12.7 Å². The summed E-state index contributed by atoms with van der Waals surface area (Å²) in [6, 6.07) is 1.36. The van der Waals surface area contributed by atoms with Crippen LogP contribution in [0.15, 0.2) is 28.0 Å². The van der Waals surface area contributed by atoms with Gasteiger partial charge in [0.1, 0.15) is 5.69 Å². The Balaban J connectivity index is 1.93. The number of imidazole rings is 1. The highest BCUT2D eigenvalue weighted by atomic mass is 19.3. The fourth-order valence-corrected chi connectivity index (χ4v) is 2.70. The van der Waals surface area contributed by atoms with Crippen molar-refractivity contribution in [1.82, 2.24) is 24.6 Å². The Hall–Kier alpha value is -3.11. The minimum Gasteiger partial charge on any atom is -0.362 e. The van der Waals surface area contributed by atoms with Crippen LogP contribution in [0.25, 0.3) is 16.9 Å². The molecule has 3 aromatic rings. The number of hydrogen-bond acceptors (Lipinski definition) is 5. The van der Waals surface area contributed by atoms with Crippen molar-refractivity contribution in [3.8, 4) is 11.3 Å². The van der Waals surface area contributed by atoms with Crippen LogP contribution in [0.3, 0.4) is 0 Å². The number of aromatic nitrogens is 5. The van der Waals surface area contributed by atoms with Crippen LogP contribution >= 0.6 is 0 Å². The molecule has 1 aliphatic heterocycles. The van der Waals surface area contributed by atoms with Crippen LogP contribution in [0.1, 0.15) is 0 Å². The molecule has 0 amide bonds. The van der Waals surface area contributed by atoms with Gasteiger partial charge in [0.25, 0.3) is 11.5 Å². The Labute approximate surface area is 136 Å². The van der Waals surface area contributed by atoms with Crippen LogP contribution in [-0.4, -0.2) is 43.6 Å². The second-order valence-corrected chi connectivity index (χ2v) is 5.56. The zero-order valence-corrected chi connectivity index (χ0v) is 12.5. The first-order valence-corrected chi connectivity index (χ1v) is 7.18. The molecule has 129 valence electrons. The van der Waals surface area contributed by atoms with Gasteiger partial charge in [-0.05, 0) is 6.07 Å². The molecule has 0 aliphatic carbocycles. The van der Waals surface area contributed by atoms with E-state index in [1.165, 1.54) is 11.0 Å². The number of hydrogen-bond donors (Lipinski definition) is 2. The summed E-state index contributed by atoms with van der Waals surface area (Å²) in [5, 5.41) is 3.98. The molecule has 0 spiro atoms. The highest BCUT2D eigenvalue weighted by Crippen LogP contribution is 2.33. The zero-order chi connectivity index (χ0) is 17.8. The summed E-state index contributed by atoms with van der Waals surface area (Å²) in [6.45, 7) is -0.662. The van der Waals surface area contributed by atoms with E-state index in [0.29, 0.717) is 0 Å². The molecule has 0 saturated carbocycles. The largest absolute Gasteiger partial charge is 0.362 e. The van der Waals surface area contributed by atoms with E-state index in [1.807, 2.05) is 4.98 Å². The van der Waals surface area contributed by atoms with Gasteiger partial charge in [0.05, 0.1) is 30.4 Å². The summed E-state index contributed by atoms with van der Waals surface area (Å²) in [5.41, 5.74) is -1.22. The number of halogens is 3. The number of alkyl halides is 2. The van der Waals surface area contributed by atoms with Crippen LogP contribution in [0.5, 0.6) is 0 Å². The molecular formula is C14H10F3N6O2. The number of nitrogens with one attached hydrogen (secondary N) is 2. The van der Waals surface area contributed by atoms with Crippen LogP contribution in [-0.2, 0) is 0 Å². The minimum atomic E-state index is -2.99. The Morgan fingerprint density at radius 3 is 2.76 bits per heavy atom. The number of anilines is 1. The normalized spacial score (nSPS) is 16.7. The minimum absolute atomic E-state index is 0.00659. The lowest BCUT2D eigenvalue weighted by Crippen LogP contribution is -2.26. The molecule has 1 fully saturated rings. The van der Waals surface area contributed by atoms with Crippen LogP contribution in [0.4, 0.5) is 18.9 Å². The average molecular weight is 351 g/mol. The fraction of sp³-hybridized carbons (Fsp3) is 0.214. The van der Waals surface area contributed by atoms with E-state index in [4.69, 9.17) is 0 Å². The molecule has 0 bridgehead atoms. The van der Waals surface area contributed by atoms with Crippen molar-refractivity contribution in [2.45, 2.75) is 5.92 Å². The van der Waals surface area contributed by atoms with E-state index in [1.54, 1.807) is 0 Å². The van der Waals surface area contributed by atoms with Gasteiger partial charge in [-0.3, -0.25) is 9.78 Å². The lowest BCUT2D eigenvalue weighted by molar-refractivity contribution is 0.0620. The molecule has 25 heavy (non-hydrogen) atoms. The van der Waals surface area contributed by atoms with E-state index in [-0.39, 0.29) is 29.1 Å². The number of H-pyrrole nitrogens is 2. The van der Waals surface area contributed by atoms with Crippen molar-refractivity contribution in [1.29, 1.82) is 0 Å². The number of nitrogens with zero attached hydrogens (tertiary/aromatic N) is 4. The van der Waals surface area contributed by atoms with E-state index in [9.17, 15) is 22.8 Å². The maximum absolute atomic E-state index is 13.9. The van der Waals surface area contributed by atoms with Gasteiger partial charge in [-0.25, -0.2) is 18.6 Å². The third-order valence-corrected chi connectivity index (χ3v) is 3.85. The molecule has 8 nitrogen and oxygen atoms in total. The SMILES string of the molecule is O=c1[nH]cc(-c2cc(N3C[CH]C(F)(F)C3)c3ncc(F)n3n2)c(=O)[nH]1. The summed E-state index contributed by atoms with van der Waals surface area (Å²) in [5.74, 6) is -3.80. The number of aromatic amines is 2. The van der Waals surface area contributed by atoms with Gasteiger partial charge in [0.15, 0.2) is 5.65 Å². The van der Waals surface area contributed by atoms with E-state index >= 15 is 0 Å². The maximum Gasteiger partial charge on any atom is 0.325 e. The first-order chi connectivity index (χ1) is 11.8. The number of fused-ring (bicyclic) bond motifs is 1. The third-order valence-electron chi connectivity index (χ3n) is 3.85. The summed E-state index contributed by atoms with van der Waals surface area (Å²) < 4.78 is 41.8. The topological polar surface area (TPSA) is 99.2 Å². The molecule has 0 unspecified atom stereocenters. The Kier molecular flexibility index (Phi) is 3.20. The predicted molar refractivity (Wildman–Crippen MR) is 81.1 cm³/mol. The first kappa shape index (κ1) is 15.4. The van der Waals surface area contributed by atoms with Gasteiger partial charge in [-0.2, -0.15) is 14.0 Å². The Morgan fingerprint density at radius 1 is 1.28 bits per heavy atom. The van der Waals surface area contributed by atoms with Gasteiger partial charge >= 0.3 is 5.69 Å². The molecule has 0 aromatic carbocycles. The molecule has 1 aliphatic rings. The summed E-state index contributed by atoms with van der Waals surface area (Å²) >= 11 is 0. The second kappa shape index (κ2) is 5.19. The molecule has 1 saturated heterocycles. The Morgan fingerprint density at radius 2 is 2.08 bits per heavy atom. The highest BCUT2D eigenvalue weighted by molar-refractivity contribution is 5.75. The zero-order valence-electron chi connectivity index (χ0n) is 12.5. The average Bonchev–Trinajstić information content (AvgIpc) is 3.09. The fourth-order valence-electron chi connectivity index (χ4n) is 2.70. The summed E-state index contributed by atoms with van der Waals surface area (Å²) in [4.78, 5) is 32.6. The standard InChI is InChI=1S/C14H10F3N6O2/c15-10-5-18-11-9(22-2-1-14(16,17)6-22)3-8(21-23(10)11)7-4-19-13(25)20-12(7)24/h1,3-5H,2,6H2,(H2,19,20,24,25). The van der Waals surface area contributed by atoms with Crippen LogP contribution in [0.2, 0.25) is 0 Å². The van der Waals surface area contributed by atoms with E-state index < -0.39 is 29.7 Å². The number of rotatable bonds is 2. The monoisotopic (exact) mass is 351 g/mol. The smallest absolute Gasteiger partial charge is 0.325 e. The lowest BCUT2D eigenvalue weighted by Gasteiger charge is -2.19. The van der Waals surface area contributed by atoms with Crippen molar-refractivity contribution in [2.24, 2.45) is 0 Å². The lowest BCUT2D eigenvalue weighted by atomic mass is 10.2. The van der Waals surface area contributed by atoms with Crippen molar-refractivity contribution < 1.29 is 13.2 Å².